The molecule has 0 saturated carbocycles. The van der Waals surface area contributed by atoms with Gasteiger partial charge in [0.05, 0.1) is 16.4 Å². The Morgan fingerprint density at radius 1 is 1.50 bits per heavy atom. The lowest BCUT2D eigenvalue weighted by Crippen LogP contribution is -1.86. The van der Waals surface area contributed by atoms with Crippen LogP contribution in [0.3, 0.4) is 0 Å². The van der Waals surface area contributed by atoms with Crippen LogP contribution in [0.2, 0.25) is 0 Å². The number of aromatic nitrogens is 1. The molecule has 2 rings (SSSR count). The van der Waals surface area contributed by atoms with Gasteiger partial charge in [0, 0.05) is 4.88 Å². The zero-order chi connectivity index (χ0) is 10.1. The van der Waals surface area contributed by atoms with Gasteiger partial charge in [0.1, 0.15) is 5.82 Å². The van der Waals surface area contributed by atoms with E-state index in [-0.39, 0.29) is 5.82 Å². The molecule has 0 spiro atoms. The van der Waals surface area contributed by atoms with Crippen molar-refractivity contribution < 1.29 is 4.39 Å². The Morgan fingerprint density at radius 2 is 2.29 bits per heavy atom. The van der Waals surface area contributed by atoms with Crippen molar-refractivity contribution >= 4 is 21.6 Å². The van der Waals surface area contributed by atoms with E-state index in [0.717, 1.165) is 23.1 Å². The molecule has 0 aliphatic rings. The lowest BCUT2D eigenvalue weighted by atomic mass is 10.1. The van der Waals surface area contributed by atoms with Crippen LogP contribution in [0.25, 0.3) is 10.2 Å². The first-order valence-corrected chi connectivity index (χ1v) is 5.57. The Morgan fingerprint density at radius 3 is 3.00 bits per heavy atom. The number of halogens is 1. The van der Waals surface area contributed by atoms with Crippen LogP contribution in [0, 0.1) is 12.7 Å². The van der Waals surface area contributed by atoms with E-state index in [0.29, 0.717) is 0 Å². The topological polar surface area (TPSA) is 12.9 Å². The maximum Gasteiger partial charge on any atom is 0.142 e. The summed E-state index contributed by atoms with van der Waals surface area (Å²) in [6.45, 7) is 4.22. The predicted octanol–water partition coefficient (Wildman–Crippen LogP) is 3.70. The quantitative estimate of drug-likeness (QED) is 0.735. The Bertz CT molecular complexity index is 462. The van der Waals surface area contributed by atoms with Crippen LogP contribution in [-0.4, -0.2) is 4.98 Å². The summed E-state index contributed by atoms with van der Waals surface area (Å²) in [5.41, 5.74) is 2.27. The Labute approximate surface area is 86.6 Å². The molecule has 2 aromatic heterocycles. The number of nitrogens with zero attached hydrogens (tertiary/aromatic N) is 1. The van der Waals surface area contributed by atoms with Crippen molar-refractivity contribution in [2.45, 2.75) is 26.7 Å². The van der Waals surface area contributed by atoms with E-state index in [1.54, 1.807) is 17.4 Å². The molecule has 2 aromatic rings. The fraction of sp³-hybridized carbons (Fsp3) is 0.364. The molecule has 74 valence electrons. The third-order valence-electron chi connectivity index (χ3n) is 2.29. The molecule has 0 fully saturated rings. The summed E-state index contributed by atoms with van der Waals surface area (Å²) in [7, 11) is 0. The van der Waals surface area contributed by atoms with E-state index in [4.69, 9.17) is 0 Å². The molecule has 3 heteroatoms. The molecule has 0 N–H and O–H groups in total. The first kappa shape index (κ1) is 9.59. The van der Waals surface area contributed by atoms with Crippen LogP contribution >= 0.6 is 11.3 Å². The van der Waals surface area contributed by atoms with E-state index in [2.05, 4.69) is 18.8 Å². The van der Waals surface area contributed by atoms with Gasteiger partial charge in [0.15, 0.2) is 0 Å². The van der Waals surface area contributed by atoms with E-state index in [1.807, 2.05) is 0 Å². The van der Waals surface area contributed by atoms with Gasteiger partial charge in [-0.3, -0.25) is 4.98 Å². The summed E-state index contributed by atoms with van der Waals surface area (Å²) < 4.78 is 13.9. The Hall–Kier alpha value is -0.960. The van der Waals surface area contributed by atoms with Gasteiger partial charge >= 0.3 is 0 Å². The smallest absolute Gasteiger partial charge is 0.142 e. The van der Waals surface area contributed by atoms with Crippen LogP contribution in [0.5, 0.6) is 0 Å². The summed E-state index contributed by atoms with van der Waals surface area (Å²) in [6, 6.07) is 1.57. The van der Waals surface area contributed by atoms with E-state index < -0.39 is 0 Å². The fourth-order valence-corrected chi connectivity index (χ4v) is 2.76. The van der Waals surface area contributed by atoms with Gasteiger partial charge in [0.25, 0.3) is 0 Å². The third-order valence-corrected chi connectivity index (χ3v) is 3.38. The van der Waals surface area contributed by atoms with Gasteiger partial charge in [-0.2, -0.15) is 0 Å². The van der Waals surface area contributed by atoms with Gasteiger partial charge in [0.2, 0.25) is 0 Å². The van der Waals surface area contributed by atoms with Crippen molar-refractivity contribution in [3.05, 3.63) is 28.5 Å². The Balaban J connectivity index is 2.64. The number of hydrogen-bond acceptors (Lipinski definition) is 2. The molecule has 0 amide bonds. The first-order chi connectivity index (χ1) is 6.72. The largest absolute Gasteiger partial charge is 0.252 e. The van der Waals surface area contributed by atoms with Gasteiger partial charge in [-0.25, -0.2) is 4.39 Å². The molecular formula is C11H12FNS. The summed E-state index contributed by atoms with van der Waals surface area (Å²) in [6.07, 6.45) is 3.43. The molecule has 2 heterocycles. The number of pyridine rings is 1. The zero-order valence-electron chi connectivity index (χ0n) is 8.30. The van der Waals surface area contributed by atoms with Gasteiger partial charge in [-0.05, 0) is 25.0 Å². The second-order valence-electron chi connectivity index (χ2n) is 3.39. The van der Waals surface area contributed by atoms with Crippen LogP contribution in [0.1, 0.15) is 23.8 Å². The second-order valence-corrected chi connectivity index (χ2v) is 4.64. The second kappa shape index (κ2) is 3.65. The molecule has 0 radical (unpaired) electrons. The van der Waals surface area contributed by atoms with Gasteiger partial charge in [-0.1, -0.05) is 13.3 Å². The standard InChI is InChI=1S/C11H12FNS/c1-3-4-9-7(2)14-10-5-8(12)6-13-11(9)10/h5-6H,3-4H2,1-2H3. The monoisotopic (exact) mass is 209 g/mol. The molecule has 0 bridgehead atoms. The van der Waals surface area contributed by atoms with Crippen molar-refractivity contribution in [2.24, 2.45) is 0 Å². The van der Waals surface area contributed by atoms with Crippen LogP contribution in [0.15, 0.2) is 12.3 Å². The highest BCUT2D eigenvalue weighted by Crippen LogP contribution is 2.30. The molecule has 0 aromatic carbocycles. The fourth-order valence-electron chi connectivity index (χ4n) is 1.66. The van der Waals surface area contributed by atoms with Gasteiger partial charge in [-0.15, -0.1) is 11.3 Å². The van der Waals surface area contributed by atoms with Crippen LogP contribution in [0.4, 0.5) is 4.39 Å². The number of rotatable bonds is 2. The lowest BCUT2D eigenvalue weighted by Gasteiger charge is -1.96. The zero-order valence-corrected chi connectivity index (χ0v) is 9.12. The van der Waals surface area contributed by atoms with Crippen molar-refractivity contribution in [1.82, 2.24) is 4.98 Å². The van der Waals surface area contributed by atoms with E-state index in [9.17, 15) is 4.39 Å². The predicted molar refractivity (Wildman–Crippen MR) is 58.3 cm³/mol. The average molecular weight is 209 g/mol. The SMILES string of the molecule is CCCc1c(C)sc2cc(F)cnc12. The summed E-state index contributed by atoms with van der Waals surface area (Å²) in [5, 5.41) is 0. The van der Waals surface area contributed by atoms with Gasteiger partial charge < -0.3 is 0 Å². The highest BCUT2D eigenvalue weighted by Gasteiger charge is 2.09. The highest BCUT2D eigenvalue weighted by molar-refractivity contribution is 7.19. The summed E-state index contributed by atoms with van der Waals surface area (Å²) >= 11 is 1.63. The molecule has 0 aliphatic heterocycles. The lowest BCUT2D eigenvalue weighted by molar-refractivity contribution is 0.624. The van der Waals surface area contributed by atoms with E-state index in [1.165, 1.54) is 16.6 Å². The van der Waals surface area contributed by atoms with Crippen molar-refractivity contribution in [2.75, 3.05) is 0 Å². The molecule has 1 nitrogen and oxygen atoms in total. The van der Waals surface area contributed by atoms with Crippen LogP contribution in [-0.2, 0) is 6.42 Å². The molecule has 0 aliphatic carbocycles. The minimum Gasteiger partial charge on any atom is -0.252 e. The molecule has 0 atom stereocenters. The number of fused-ring (bicyclic) bond motifs is 1. The van der Waals surface area contributed by atoms with Crippen molar-refractivity contribution in [1.29, 1.82) is 0 Å². The number of hydrogen-bond donors (Lipinski definition) is 0. The number of thiophene rings is 1. The summed E-state index contributed by atoms with van der Waals surface area (Å²) in [5.74, 6) is -0.248. The normalized spacial score (nSPS) is 11.1. The highest BCUT2D eigenvalue weighted by atomic mass is 32.1. The molecular weight excluding hydrogens is 197 g/mol. The number of aryl methyl sites for hydroxylation is 2. The molecule has 14 heavy (non-hydrogen) atoms. The molecule has 0 saturated heterocycles. The third kappa shape index (κ3) is 1.52. The molecule has 0 unspecified atom stereocenters. The minimum absolute atomic E-state index is 0.248. The average Bonchev–Trinajstić information content (AvgIpc) is 2.43. The Kier molecular flexibility index (Phi) is 2.50. The van der Waals surface area contributed by atoms with Crippen molar-refractivity contribution in [3.8, 4) is 0 Å². The van der Waals surface area contributed by atoms with E-state index >= 15 is 0 Å². The van der Waals surface area contributed by atoms with Crippen LogP contribution < -0.4 is 0 Å². The van der Waals surface area contributed by atoms with Crippen molar-refractivity contribution in [3.63, 3.8) is 0 Å². The first-order valence-electron chi connectivity index (χ1n) is 4.76. The summed E-state index contributed by atoms with van der Waals surface area (Å²) in [4.78, 5) is 5.42. The maximum atomic E-state index is 12.9. The minimum atomic E-state index is -0.248. The maximum absolute atomic E-state index is 12.9.